The van der Waals surface area contributed by atoms with Gasteiger partial charge in [0.25, 0.3) is 0 Å². The van der Waals surface area contributed by atoms with Gasteiger partial charge in [0, 0.05) is 12.8 Å². The Morgan fingerprint density at radius 1 is 1.44 bits per heavy atom. The van der Waals surface area contributed by atoms with Crippen LogP contribution in [0.2, 0.25) is 0 Å². The van der Waals surface area contributed by atoms with Gasteiger partial charge in [0.15, 0.2) is 0 Å². The van der Waals surface area contributed by atoms with Crippen LogP contribution in [0.4, 0.5) is 0 Å². The number of nitrogens with two attached hydrogens (primary N) is 1. The Morgan fingerprint density at radius 2 is 1.78 bits per heavy atom. The first kappa shape index (κ1) is 8.88. The van der Waals surface area contributed by atoms with Crippen molar-refractivity contribution >= 4 is 0 Å². The molecule has 0 aliphatic heterocycles. The van der Waals surface area contributed by atoms with Crippen LogP contribution in [0.3, 0.4) is 0 Å². The minimum Gasteiger partial charge on any atom is -0.633 e. The molecule has 0 saturated carbocycles. The van der Waals surface area contributed by atoms with Gasteiger partial charge in [-0.25, -0.2) is 0 Å². The molecule has 3 heteroatoms. The van der Waals surface area contributed by atoms with E-state index in [1.807, 2.05) is 13.8 Å². The molecule has 3 nitrogen and oxygen atoms in total. The zero-order valence-electron chi connectivity index (χ0n) is 6.40. The first-order valence-corrected chi connectivity index (χ1v) is 3.36. The quantitative estimate of drug-likeness (QED) is 0.401. The Bertz CT molecular complexity index is 79.1. The number of hydrogen-bond donors (Lipinski definition) is 2. The van der Waals surface area contributed by atoms with Crippen molar-refractivity contribution in [1.82, 2.24) is 0 Å². The largest absolute Gasteiger partial charge is 0.633 e. The van der Waals surface area contributed by atoms with Crippen LogP contribution >= 0.6 is 0 Å². The third kappa shape index (κ3) is 1.93. The van der Waals surface area contributed by atoms with Crippen LogP contribution in [0.25, 0.3) is 0 Å². The highest BCUT2D eigenvalue weighted by molar-refractivity contribution is 4.65. The highest BCUT2D eigenvalue weighted by atomic mass is 16.5. The van der Waals surface area contributed by atoms with E-state index in [-0.39, 0.29) is 5.06 Å². The van der Waals surface area contributed by atoms with Crippen LogP contribution in [0.15, 0.2) is 0 Å². The summed E-state index contributed by atoms with van der Waals surface area (Å²) in [5.41, 5.74) is 5.13. The van der Waals surface area contributed by atoms with Crippen molar-refractivity contribution in [2.45, 2.75) is 32.4 Å². The van der Waals surface area contributed by atoms with E-state index in [2.05, 4.69) is 0 Å². The molecule has 0 rings (SSSR count). The summed E-state index contributed by atoms with van der Waals surface area (Å²) in [6.07, 6.45) is 1.47. The lowest BCUT2D eigenvalue weighted by Gasteiger charge is -2.36. The summed E-state index contributed by atoms with van der Waals surface area (Å²) in [5.74, 6) is 0. The Kier molecular flexibility index (Phi) is 3.11. The van der Waals surface area contributed by atoms with Crippen LogP contribution in [0, 0.1) is 5.21 Å². The molecule has 0 saturated heterocycles. The average Bonchev–Trinajstić information content (AvgIpc) is 1.86. The second-order valence-electron chi connectivity index (χ2n) is 2.42. The fourth-order valence-electron chi connectivity index (χ4n) is 0.748. The lowest BCUT2D eigenvalue weighted by atomic mass is 10.1. The van der Waals surface area contributed by atoms with Gasteiger partial charge in [-0.2, -0.15) is 0 Å². The van der Waals surface area contributed by atoms with Crippen LogP contribution in [0.1, 0.15) is 26.7 Å². The Morgan fingerprint density at radius 3 is 1.78 bits per heavy atom. The monoisotopic (exact) mass is 132 g/mol. The topological polar surface area (TPSA) is 53.5 Å². The molecule has 0 spiro atoms. The summed E-state index contributed by atoms with van der Waals surface area (Å²) < 4.78 is 0. The van der Waals surface area contributed by atoms with Gasteiger partial charge in [-0.15, -0.1) is 0 Å². The standard InChI is InChI=1S/C6H16N2O/c1-4-6(7,5-2)8(3)9/h8H,4-5,7H2,1-3H3. The summed E-state index contributed by atoms with van der Waals surface area (Å²) in [5, 5.41) is 10.9. The molecular weight excluding hydrogens is 116 g/mol. The molecule has 3 N–H and O–H groups in total. The van der Waals surface area contributed by atoms with Gasteiger partial charge >= 0.3 is 0 Å². The highest BCUT2D eigenvalue weighted by Gasteiger charge is 2.24. The van der Waals surface area contributed by atoms with E-state index in [9.17, 15) is 5.21 Å². The van der Waals surface area contributed by atoms with Gasteiger partial charge in [-0.05, 0) is 0 Å². The molecule has 0 heterocycles. The summed E-state index contributed by atoms with van der Waals surface area (Å²) in [6.45, 7) is 3.87. The lowest BCUT2D eigenvalue weighted by molar-refractivity contribution is -0.886. The third-order valence-corrected chi connectivity index (χ3v) is 1.96. The van der Waals surface area contributed by atoms with Crippen molar-refractivity contribution < 1.29 is 5.06 Å². The number of nitrogens with one attached hydrogen (secondary N) is 1. The second kappa shape index (κ2) is 3.15. The maximum absolute atomic E-state index is 10.8. The number of quaternary nitrogens is 1. The summed E-state index contributed by atoms with van der Waals surface area (Å²) in [4.78, 5) is 0. The van der Waals surface area contributed by atoms with E-state index < -0.39 is 5.66 Å². The molecule has 0 fully saturated rings. The molecular formula is C6H16N2O. The van der Waals surface area contributed by atoms with Crippen LogP contribution in [-0.4, -0.2) is 12.7 Å². The van der Waals surface area contributed by atoms with Crippen molar-refractivity contribution in [3.8, 4) is 0 Å². The summed E-state index contributed by atoms with van der Waals surface area (Å²) >= 11 is 0. The minimum absolute atomic E-state index is 0.0903. The van der Waals surface area contributed by atoms with Crippen molar-refractivity contribution in [3.63, 3.8) is 0 Å². The van der Waals surface area contributed by atoms with Crippen molar-refractivity contribution in [2.75, 3.05) is 7.05 Å². The van der Waals surface area contributed by atoms with E-state index in [0.29, 0.717) is 0 Å². The van der Waals surface area contributed by atoms with Crippen LogP contribution < -0.4 is 10.8 Å². The predicted molar refractivity (Wildman–Crippen MR) is 37.8 cm³/mol. The van der Waals surface area contributed by atoms with Gasteiger partial charge in [-0.3, -0.25) is 5.73 Å². The van der Waals surface area contributed by atoms with Crippen molar-refractivity contribution in [1.29, 1.82) is 0 Å². The fourth-order valence-corrected chi connectivity index (χ4v) is 0.748. The Hall–Kier alpha value is -0.120. The zero-order chi connectivity index (χ0) is 7.49. The molecule has 56 valence electrons. The molecule has 0 aromatic rings. The summed E-state index contributed by atoms with van der Waals surface area (Å²) in [7, 11) is 1.55. The first-order valence-electron chi connectivity index (χ1n) is 3.36. The van der Waals surface area contributed by atoms with E-state index in [4.69, 9.17) is 5.73 Å². The summed E-state index contributed by atoms with van der Waals surface area (Å²) in [6, 6.07) is 0. The maximum Gasteiger partial charge on any atom is 0.147 e. The normalized spacial score (nSPS) is 15.7. The molecule has 0 bridgehead atoms. The lowest BCUT2D eigenvalue weighted by Crippen LogP contribution is -3.15. The number of hydrogen-bond acceptors (Lipinski definition) is 2. The fraction of sp³-hybridized carbons (Fsp3) is 1.00. The van der Waals surface area contributed by atoms with Gasteiger partial charge in [-0.1, -0.05) is 13.8 Å². The number of rotatable bonds is 3. The van der Waals surface area contributed by atoms with Gasteiger partial charge in [0.1, 0.15) is 5.66 Å². The third-order valence-electron chi connectivity index (χ3n) is 1.96. The molecule has 0 aliphatic carbocycles. The first-order chi connectivity index (χ1) is 4.06. The SMILES string of the molecule is CCC(N)(CC)[NH+](C)[O-]. The zero-order valence-corrected chi connectivity index (χ0v) is 6.40. The van der Waals surface area contributed by atoms with E-state index in [1.54, 1.807) is 7.05 Å². The van der Waals surface area contributed by atoms with Gasteiger partial charge in [0.2, 0.25) is 0 Å². The van der Waals surface area contributed by atoms with Gasteiger partial charge in [0.05, 0.1) is 7.05 Å². The molecule has 9 heavy (non-hydrogen) atoms. The number of hydroxylamine groups is 2. The molecule has 0 aromatic carbocycles. The Labute approximate surface area is 56.4 Å². The molecule has 1 unspecified atom stereocenters. The van der Waals surface area contributed by atoms with Crippen LogP contribution in [0.5, 0.6) is 0 Å². The maximum atomic E-state index is 10.8. The molecule has 0 radical (unpaired) electrons. The minimum atomic E-state index is -0.556. The predicted octanol–water partition coefficient (Wildman–Crippen LogP) is -0.526. The molecule has 1 atom stereocenters. The van der Waals surface area contributed by atoms with E-state index in [1.165, 1.54) is 0 Å². The second-order valence-corrected chi connectivity index (χ2v) is 2.42. The molecule has 0 amide bonds. The van der Waals surface area contributed by atoms with Gasteiger partial charge < -0.3 is 10.3 Å². The molecule has 0 aromatic heterocycles. The van der Waals surface area contributed by atoms with E-state index >= 15 is 0 Å². The van der Waals surface area contributed by atoms with Crippen LogP contribution in [-0.2, 0) is 0 Å². The van der Waals surface area contributed by atoms with Crippen molar-refractivity contribution in [2.24, 2.45) is 5.73 Å². The Balaban J connectivity index is 3.92. The highest BCUT2D eigenvalue weighted by Crippen LogP contribution is 2.00. The molecule has 0 aliphatic rings. The van der Waals surface area contributed by atoms with Crippen molar-refractivity contribution in [3.05, 3.63) is 5.21 Å². The van der Waals surface area contributed by atoms with E-state index in [0.717, 1.165) is 12.8 Å². The average molecular weight is 132 g/mol. The smallest absolute Gasteiger partial charge is 0.147 e.